The van der Waals surface area contributed by atoms with Crippen LogP contribution in [-0.2, 0) is 11.3 Å². The van der Waals surface area contributed by atoms with Crippen LogP contribution >= 0.6 is 0 Å². The molecule has 15 heavy (non-hydrogen) atoms. The molecule has 1 amide bonds. The van der Waals surface area contributed by atoms with Gasteiger partial charge in [-0.1, -0.05) is 0 Å². The molecular weight excluding hydrogens is 192 g/mol. The van der Waals surface area contributed by atoms with Crippen molar-refractivity contribution in [1.29, 1.82) is 0 Å². The van der Waals surface area contributed by atoms with Crippen molar-refractivity contribution in [3.63, 3.8) is 0 Å². The van der Waals surface area contributed by atoms with Crippen LogP contribution in [0.4, 0.5) is 0 Å². The molecule has 4 nitrogen and oxygen atoms in total. The molecule has 4 heteroatoms. The molecule has 2 rings (SSSR count). The standard InChI is InChI=1S/C11H16N2O2/c1-13(8-9-4-3-7-15-9)11(14)10-5-2-6-12-10/h3-4,7,10,12H,2,5-6,8H2,1H3/t10-/m1/s1. The van der Waals surface area contributed by atoms with Gasteiger partial charge in [-0.3, -0.25) is 4.79 Å². The Bertz CT molecular complexity index is 315. The molecule has 1 aromatic rings. The number of hydrogen-bond acceptors (Lipinski definition) is 3. The molecule has 82 valence electrons. The number of hydrogen-bond donors (Lipinski definition) is 1. The van der Waals surface area contributed by atoms with E-state index in [0.29, 0.717) is 6.54 Å². The molecule has 1 fully saturated rings. The number of rotatable bonds is 3. The molecule has 2 heterocycles. The molecule has 0 unspecified atom stereocenters. The molecule has 0 saturated carbocycles. The summed E-state index contributed by atoms with van der Waals surface area (Å²) in [6.07, 6.45) is 3.66. The van der Waals surface area contributed by atoms with Gasteiger partial charge in [0.25, 0.3) is 0 Å². The quantitative estimate of drug-likeness (QED) is 0.805. The van der Waals surface area contributed by atoms with Crippen molar-refractivity contribution in [3.05, 3.63) is 24.2 Å². The first-order valence-corrected chi connectivity index (χ1v) is 5.28. The highest BCUT2D eigenvalue weighted by Gasteiger charge is 2.25. The first-order chi connectivity index (χ1) is 7.27. The summed E-state index contributed by atoms with van der Waals surface area (Å²) < 4.78 is 5.20. The van der Waals surface area contributed by atoms with Crippen LogP contribution in [0.2, 0.25) is 0 Å². The summed E-state index contributed by atoms with van der Waals surface area (Å²) in [5, 5.41) is 3.20. The summed E-state index contributed by atoms with van der Waals surface area (Å²) in [5.41, 5.74) is 0. The largest absolute Gasteiger partial charge is 0.467 e. The van der Waals surface area contributed by atoms with Crippen molar-refractivity contribution in [2.75, 3.05) is 13.6 Å². The van der Waals surface area contributed by atoms with Gasteiger partial charge in [0.05, 0.1) is 18.8 Å². The van der Waals surface area contributed by atoms with Gasteiger partial charge in [-0.2, -0.15) is 0 Å². The van der Waals surface area contributed by atoms with Gasteiger partial charge >= 0.3 is 0 Å². The topological polar surface area (TPSA) is 45.5 Å². The van der Waals surface area contributed by atoms with Gasteiger partial charge in [-0.25, -0.2) is 0 Å². The predicted octanol–water partition coefficient (Wildman–Crippen LogP) is 0.990. The Morgan fingerprint density at radius 3 is 3.20 bits per heavy atom. The summed E-state index contributed by atoms with van der Waals surface area (Å²) in [5.74, 6) is 0.979. The smallest absolute Gasteiger partial charge is 0.239 e. The summed E-state index contributed by atoms with van der Waals surface area (Å²) in [4.78, 5) is 13.6. The van der Waals surface area contributed by atoms with Gasteiger partial charge in [-0.05, 0) is 31.5 Å². The second kappa shape index (κ2) is 4.49. The van der Waals surface area contributed by atoms with Gasteiger partial charge in [0.1, 0.15) is 5.76 Å². The number of likely N-dealkylation sites (N-methyl/N-ethyl adjacent to an activating group) is 1. The Balaban J connectivity index is 1.89. The van der Waals surface area contributed by atoms with E-state index in [-0.39, 0.29) is 11.9 Å². The van der Waals surface area contributed by atoms with Gasteiger partial charge < -0.3 is 14.6 Å². The third-order valence-electron chi connectivity index (χ3n) is 2.71. The lowest BCUT2D eigenvalue weighted by molar-refractivity contribution is -0.132. The van der Waals surface area contributed by atoms with E-state index in [0.717, 1.165) is 25.1 Å². The van der Waals surface area contributed by atoms with E-state index in [2.05, 4.69) is 5.32 Å². The Morgan fingerprint density at radius 1 is 1.73 bits per heavy atom. The monoisotopic (exact) mass is 208 g/mol. The van der Waals surface area contributed by atoms with E-state index in [9.17, 15) is 4.79 Å². The molecule has 1 saturated heterocycles. The molecule has 0 bridgehead atoms. The highest BCUT2D eigenvalue weighted by Crippen LogP contribution is 2.10. The highest BCUT2D eigenvalue weighted by molar-refractivity contribution is 5.81. The van der Waals surface area contributed by atoms with E-state index in [1.807, 2.05) is 19.2 Å². The zero-order chi connectivity index (χ0) is 10.7. The number of amides is 1. The second-order valence-electron chi connectivity index (χ2n) is 3.92. The van der Waals surface area contributed by atoms with Gasteiger partial charge in [0.2, 0.25) is 5.91 Å². The van der Waals surface area contributed by atoms with Crippen LogP contribution in [-0.4, -0.2) is 30.4 Å². The van der Waals surface area contributed by atoms with Crippen molar-refractivity contribution in [1.82, 2.24) is 10.2 Å². The van der Waals surface area contributed by atoms with Crippen molar-refractivity contribution < 1.29 is 9.21 Å². The van der Waals surface area contributed by atoms with E-state index < -0.39 is 0 Å². The SMILES string of the molecule is CN(Cc1ccco1)C(=O)[C@H]1CCCN1. The van der Waals surface area contributed by atoms with Crippen molar-refractivity contribution >= 4 is 5.91 Å². The maximum Gasteiger partial charge on any atom is 0.239 e. The first-order valence-electron chi connectivity index (χ1n) is 5.28. The van der Waals surface area contributed by atoms with E-state index in [1.165, 1.54) is 0 Å². The van der Waals surface area contributed by atoms with E-state index >= 15 is 0 Å². The average molecular weight is 208 g/mol. The van der Waals surface area contributed by atoms with Crippen molar-refractivity contribution in [2.24, 2.45) is 0 Å². The highest BCUT2D eigenvalue weighted by atomic mass is 16.3. The van der Waals surface area contributed by atoms with Crippen LogP contribution in [0, 0.1) is 0 Å². The Kier molecular flexibility index (Phi) is 3.06. The van der Waals surface area contributed by atoms with Crippen LogP contribution in [0.5, 0.6) is 0 Å². The number of nitrogens with one attached hydrogen (secondary N) is 1. The van der Waals surface area contributed by atoms with Crippen LogP contribution in [0.25, 0.3) is 0 Å². The fraction of sp³-hybridized carbons (Fsp3) is 0.545. The third kappa shape index (κ3) is 2.39. The molecule has 1 N–H and O–H groups in total. The van der Waals surface area contributed by atoms with Crippen LogP contribution in [0.3, 0.4) is 0 Å². The fourth-order valence-electron chi connectivity index (χ4n) is 1.88. The minimum Gasteiger partial charge on any atom is -0.467 e. The maximum atomic E-state index is 11.9. The first kappa shape index (κ1) is 10.2. The molecule has 1 aliphatic rings. The lowest BCUT2D eigenvalue weighted by atomic mass is 10.2. The normalized spacial score (nSPS) is 20.5. The Hall–Kier alpha value is -1.29. The van der Waals surface area contributed by atoms with E-state index in [4.69, 9.17) is 4.42 Å². The molecule has 1 atom stereocenters. The lowest BCUT2D eigenvalue weighted by Crippen LogP contribution is -2.41. The number of carbonyl (C=O) groups excluding carboxylic acids is 1. The van der Waals surface area contributed by atoms with Crippen molar-refractivity contribution in [3.8, 4) is 0 Å². The fourth-order valence-corrected chi connectivity index (χ4v) is 1.88. The molecule has 0 spiro atoms. The van der Waals surface area contributed by atoms with Crippen LogP contribution in [0.1, 0.15) is 18.6 Å². The predicted molar refractivity (Wildman–Crippen MR) is 56.2 cm³/mol. The Labute approximate surface area is 89.2 Å². The minimum atomic E-state index is 0.00459. The molecule has 0 aromatic carbocycles. The zero-order valence-corrected chi connectivity index (χ0v) is 8.90. The van der Waals surface area contributed by atoms with Crippen LogP contribution in [0.15, 0.2) is 22.8 Å². The second-order valence-corrected chi connectivity index (χ2v) is 3.92. The molecular formula is C11H16N2O2. The summed E-state index contributed by atoms with van der Waals surface area (Å²) in [7, 11) is 1.81. The number of carbonyl (C=O) groups is 1. The third-order valence-corrected chi connectivity index (χ3v) is 2.71. The number of furan rings is 1. The molecule has 1 aromatic heterocycles. The van der Waals surface area contributed by atoms with E-state index in [1.54, 1.807) is 11.2 Å². The molecule has 0 radical (unpaired) electrons. The zero-order valence-electron chi connectivity index (χ0n) is 8.90. The summed E-state index contributed by atoms with van der Waals surface area (Å²) in [6.45, 7) is 1.50. The molecule has 1 aliphatic heterocycles. The lowest BCUT2D eigenvalue weighted by Gasteiger charge is -2.19. The molecule has 0 aliphatic carbocycles. The van der Waals surface area contributed by atoms with Gasteiger partial charge in [0, 0.05) is 7.05 Å². The average Bonchev–Trinajstić information content (AvgIpc) is 2.88. The van der Waals surface area contributed by atoms with Crippen LogP contribution < -0.4 is 5.32 Å². The Morgan fingerprint density at radius 2 is 2.60 bits per heavy atom. The summed E-state index contributed by atoms with van der Waals surface area (Å²) in [6, 6.07) is 3.72. The van der Waals surface area contributed by atoms with Gasteiger partial charge in [-0.15, -0.1) is 0 Å². The maximum absolute atomic E-state index is 11.9. The minimum absolute atomic E-state index is 0.00459. The number of nitrogens with zero attached hydrogens (tertiary/aromatic N) is 1. The van der Waals surface area contributed by atoms with Crippen molar-refractivity contribution in [2.45, 2.75) is 25.4 Å². The van der Waals surface area contributed by atoms with Gasteiger partial charge in [0.15, 0.2) is 0 Å². The summed E-state index contributed by atoms with van der Waals surface area (Å²) >= 11 is 0.